The lowest BCUT2D eigenvalue weighted by atomic mass is 10.1. The molecule has 0 aliphatic heterocycles. The molecule has 30 heavy (non-hydrogen) atoms. The summed E-state index contributed by atoms with van der Waals surface area (Å²) >= 11 is 0. The standard InChI is InChI=1S/C22H23FN4O3/c1-15-24-8-10-27(15)9-7-21(28)26-19-12-17(11-18(23)13-19)22(29)25-14-16-3-5-20(30-2)6-4-16/h3-6,8,10-13H,7,9,14H2,1-2H3,(H,25,29)(H,26,28). The van der Waals surface area contributed by atoms with E-state index >= 15 is 0 Å². The summed E-state index contributed by atoms with van der Waals surface area (Å²) in [5, 5.41) is 5.38. The van der Waals surface area contributed by atoms with Gasteiger partial charge in [0.25, 0.3) is 5.91 Å². The normalized spacial score (nSPS) is 10.5. The number of rotatable bonds is 8. The number of nitrogens with zero attached hydrogens (tertiary/aromatic N) is 2. The van der Waals surface area contributed by atoms with Crippen LogP contribution in [0.25, 0.3) is 0 Å². The molecule has 8 heteroatoms. The first-order chi connectivity index (χ1) is 14.4. The minimum Gasteiger partial charge on any atom is -0.497 e. The number of imidazole rings is 1. The first-order valence-electron chi connectivity index (χ1n) is 9.44. The second kappa shape index (κ2) is 9.69. The van der Waals surface area contributed by atoms with E-state index in [1.807, 2.05) is 23.6 Å². The molecule has 0 spiro atoms. The molecule has 0 unspecified atom stereocenters. The molecule has 0 aliphatic carbocycles. The van der Waals surface area contributed by atoms with Crippen LogP contribution >= 0.6 is 0 Å². The minimum absolute atomic E-state index is 0.129. The van der Waals surface area contributed by atoms with E-state index < -0.39 is 11.7 Å². The molecule has 0 aliphatic rings. The number of methoxy groups -OCH3 is 1. The summed E-state index contributed by atoms with van der Waals surface area (Å²) in [6.45, 7) is 2.59. The van der Waals surface area contributed by atoms with E-state index in [2.05, 4.69) is 15.6 Å². The predicted molar refractivity (Wildman–Crippen MR) is 111 cm³/mol. The van der Waals surface area contributed by atoms with Crippen molar-refractivity contribution in [3.8, 4) is 5.75 Å². The van der Waals surface area contributed by atoms with Crippen LogP contribution in [0.1, 0.15) is 28.2 Å². The van der Waals surface area contributed by atoms with Gasteiger partial charge in [-0.2, -0.15) is 0 Å². The molecular formula is C22H23FN4O3. The number of ether oxygens (including phenoxy) is 1. The molecule has 2 amide bonds. The highest BCUT2D eigenvalue weighted by Gasteiger charge is 2.11. The Morgan fingerprint density at radius 2 is 1.93 bits per heavy atom. The molecule has 1 heterocycles. The van der Waals surface area contributed by atoms with Crippen LogP contribution in [-0.4, -0.2) is 28.5 Å². The van der Waals surface area contributed by atoms with Gasteiger partial charge in [-0.05, 0) is 42.8 Å². The number of halogens is 1. The minimum atomic E-state index is -0.604. The van der Waals surface area contributed by atoms with E-state index in [0.717, 1.165) is 23.2 Å². The highest BCUT2D eigenvalue weighted by molar-refractivity contribution is 5.97. The summed E-state index contributed by atoms with van der Waals surface area (Å²) < 4.78 is 20.9. The van der Waals surface area contributed by atoms with Crippen molar-refractivity contribution in [2.45, 2.75) is 26.4 Å². The Morgan fingerprint density at radius 3 is 2.60 bits per heavy atom. The van der Waals surface area contributed by atoms with Gasteiger partial charge in [0.2, 0.25) is 5.91 Å². The van der Waals surface area contributed by atoms with Gasteiger partial charge < -0.3 is 19.9 Å². The fourth-order valence-electron chi connectivity index (χ4n) is 2.91. The summed E-state index contributed by atoms with van der Waals surface area (Å²) in [6.07, 6.45) is 3.65. The molecule has 3 rings (SSSR count). The lowest BCUT2D eigenvalue weighted by Gasteiger charge is -2.10. The van der Waals surface area contributed by atoms with Crippen LogP contribution in [-0.2, 0) is 17.9 Å². The Labute approximate surface area is 173 Å². The van der Waals surface area contributed by atoms with E-state index in [1.54, 1.807) is 31.6 Å². The molecular weight excluding hydrogens is 387 g/mol. The molecule has 0 fully saturated rings. The fourth-order valence-corrected chi connectivity index (χ4v) is 2.91. The van der Waals surface area contributed by atoms with Gasteiger partial charge >= 0.3 is 0 Å². The molecule has 0 radical (unpaired) electrons. The third kappa shape index (κ3) is 5.66. The van der Waals surface area contributed by atoms with Gasteiger partial charge in [0.1, 0.15) is 17.4 Å². The predicted octanol–water partition coefficient (Wildman–Crippen LogP) is 3.30. The van der Waals surface area contributed by atoms with E-state index in [9.17, 15) is 14.0 Å². The number of carbonyl (C=O) groups is 2. The number of anilines is 1. The Bertz CT molecular complexity index is 1030. The van der Waals surface area contributed by atoms with Gasteiger partial charge in [-0.1, -0.05) is 12.1 Å². The highest BCUT2D eigenvalue weighted by atomic mass is 19.1. The van der Waals surface area contributed by atoms with Crippen molar-refractivity contribution in [1.82, 2.24) is 14.9 Å². The number of aromatic nitrogens is 2. The first kappa shape index (κ1) is 21.0. The first-order valence-corrected chi connectivity index (χ1v) is 9.44. The van der Waals surface area contributed by atoms with Crippen LogP contribution in [0.4, 0.5) is 10.1 Å². The zero-order chi connectivity index (χ0) is 21.5. The second-order valence-corrected chi connectivity index (χ2v) is 6.73. The van der Waals surface area contributed by atoms with Gasteiger partial charge in [0, 0.05) is 43.2 Å². The zero-order valence-corrected chi connectivity index (χ0v) is 16.8. The lowest BCUT2D eigenvalue weighted by molar-refractivity contribution is -0.116. The fraction of sp³-hybridized carbons (Fsp3) is 0.227. The maximum absolute atomic E-state index is 14.0. The topological polar surface area (TPSA) is 85.3 Å². The molecule has 2 aromatic carbocycles. The van der Waals surface area contributed by atoms with Crippen molar-refractivity contribution < 1.29 is 18.7 Å². The Kier molecular flexibility index (Phi) is 6.79. The van der Waals surface area contributed by atoms with Crippen molar-refractivity contribution in [1.29, 1.82) is 0 Å². The van der Waals surface area contributed by atoms with E-state index in [-0.39, 0.29) is 30.1 Å². The number of hydrogen-bond acceptors (Lipinski definition) is 4. The number of amides is 2. The van der Waals surface area contributed by atoms with Crippen molar-refractivity contribution in [2.75, 3.05) is 12.4 Å². The number of benzene rings is 2. The Morgan fingerprint density at radius 1 is 1.17 bits per heavy atom. The van der Waals surface area contributed by atoms with Gasteiger partial charge in [-0.3, -0.25) is 9.59 Å². The smallest absolute Gasteiger partial charge is 0.251 e. The quantitative estimate of drug-likeness (QED) is 0.597. The van der Waals surface area contributed by atoms with Gasteiger partial charge in [-0.15, -0.1) is 0 Å². The maximum Gasteiger partial charge on any atom is 0.251 e. The second-order valence-electron chi connectivity index (χ2n) is 6.73. The number of nitrogens with one attached hydrogen (secondary N) is 2. The van der Waals surface area contributed by atoms with Crippen molar-refractivity contribution in [2.24, 2.45) is 0 Å². The van der Waals surface area contributed by atoms with Crippen LogP contribution in [0, 0.1) is 12.7 Å². The summed E-state index contributed by atoms with van der Waals surface area (Å²) in [5.41, 5.74) is 1.24. The number of carbonyl (C=O) groups excluding carboxylic acids is 2. The highest BCUT2D eigenvalue weighted by Crippen LogP contribution is 2.16. The van der Waals surface area contributed by atoms with Crippen molar-refractivity contribution >= 4 is 17.5 Å². The molecule has 0 atom stereocenters. The molecule has 3 aromatic rings. The SMILES string of the molecule is COc1ccc(CNC(=O)c2cc(F)cc(NC(=O)CCn3ccnc3C)c2)cc1. The maximum atomic E-state index is 14.0. The Balaban J connectivity index is 1.58. The average Bonchev–Trinajstić information content (AvgIpc) is 3.15. The molecule has 0 saturated carbocycles. The van der Waals surface area contributed by atoms with Crippen LogP contribution < -0.4 is 15.4 Å². The lowest BCUT2D eigenvalue weighted by Crippen LogP contribution is -2.23. The average molecular weight is 410 g/mol. The third-order valence-corrected chi connectivity index (χ3v) is 4.56. The number of hydrogen-bond donors (Lipinski definition) is 2. The van der Waals surface area contributed by atoms with Crippen LogP contribution in [0.15, 0.2) is 54.9 Å². The van der Waals surface area contributed by atoms with E-state index in [1.165, 1.54) is 12.1 Å². The molecule has 156 valence electrons. The third-order valence-electron chi connectivity index (χ3n) is 4.56. The summed E-state index contributed by atoms with van der Waals surface area (Å²) in [4.78, 5) is 28.7. The van der Waals surface area contributed by atoms with Crippen LogP contribution in [0.2, 0.25) is 0 Å². The molecule has 7 nitrogen and oxygen atoms in total. The van der Waals surface area contributed by atoms with Gasteiger partial charge in [0.05, 0.1) is 7.11 Å². The summed E-state index contributed by atoms with van der Waals surface area (Å²) in [7, 11) is 1.58. The Hall–Kier alpha value is -3.68. The molecule has 1 aromatic heterocycles. The molecule has 0 saturated heterocycles. The number of aryl methyl sites for hydroxylation is 2. The zero-order valence-electron chi connectivity index (χ0n) is 16.8. The van der Waals surface area contributed by atoms with Crippen molar-refractivity contribution in [3.63, 3.8) is 0 Å². The largest absolute Gasteiger partial charge is 0.497 e. The molecule has 2 N–H and O–H groups in total. The van der Waals surface area contributed by atoms with E-state index in [4.69, 9.17) is 4.74 Å². The molecule has 0 bridgehead atoms. The van der Waals surface area contributed by atoms with E-state index in [0.29, 0.717) is 6.54 Å². The van der Waals surface area contributed by atoms with Crippen molar-refractivity contribution in [3.05, 3.63) is 77.6 Å². The van der Waals surface area contributed by atoms with Gasteiger partial charge in [0.15, 0.2) is 0 Å². The monoisotopic (exact) mass is 410 g/mol. The van der Waals surface area contributed by atoms with Crippen LogP contribution in [0.5, 0.6) is 5.75 Å². The van der Waals surface area contributed by atoms with Gasteiger partial charge in [-0.25, -0.2) is 9.37 Å². The van der Waals surface area contributed by atoms with Crippen LogP contribution in [0.3, 0.4) is 0 Å². The summed E-state index contributed by atoms with van der Waals surface area (Å²) in [6, 6.07) is 11.0. The summed E-state index contributed by atoms with van der Waals surface area (Å²) in [5.74, 6) is 0.212.